The molecule has 1 fully saturated rings. The van der Waals surface area contributed by atoms with Crippen molar-refractivity contribution in [1.82, 2.24) is 4.90 Å². The second kappa shape index (κ2) is 19.6. The first-order chi connectivity index (χ1) is 15.2. The Bertz CT molecular complexity index is 485. The van der Waals surface area contributed by atoms with Gasteiger partial charge in [-0.15, -0.1) is 0 Å². The third-order valence-electron chi connectivity index (χ3n) is 6.84. The fourth-order valence-corrected chi connectivity index (χ4v) is 4.82. The van der Waals surface area contributed by atoms with Crippen molar-refractivity contribution >= 4 is 12.2 Å². The van der Waals surface area contributed by atoms with Gasteiger partial charge in [0.1, 0.15) is 6.29 Å². The van der Waals surface area contributed by atoms with Crippen LogP contribution in [0.3, 0.4) is 0 Å². The molecule has 0 bridgehead atoms. The van der Waals surface area contributed by atoms with Crippen LogP contribution in [0.4, 0.5) is 0 Å². The van der Waals surface area contributed by atoms with E-state index in [-0.39, 0.29) is 6.04 Å². The molecule has 1 aliphatic rings. The average molecular weight is 434 g/mol. The minimum atomic E-state index is 0.253. The van der Waals surface area contributed by atoms with Gasteiger partial charge in [0, 0.05) is 19.4 Å². The number of carbonyl (C=O) groups excluding carboxylic acids is 2. The highest BCUT2D eigenvalue weighted by molar-refractivity contribution is 5.78. The van der Waals surface area contributed by atoms with Crippen LogP contribution in [-0.2, 0) is 9.59 Å². The zero-order valence-corrected chi connectivity index (χ0v) is 20.8. The van der Waals surface area contributed by atoms with Crippen molar-refractivity contribution in [2.24, 2.45) is 0 Å². The summed E-state index contributed by atoms with van der Waals surface area (Å²) in [5, 5.41) is 0. The molecule has 0 radical (unpaired) electrons. The van der Waals surface area contributed by atoms with Crippen molar-refractivity contribution in [2.75, 3.05) is 6.54 Å². The van der Waals surface area contributed by atoms with Crippen LogP contribution >= 0.6 is 0 Å². The lowest BCUT2D eigenvalue weighted by molar-refractivity contribution is -0.129. The topological polar surface area (TPSA) is 37.4 Å². The number of allylic oxidation sites excluding steroid dienone is 1. The Hall–Kier alpha value is -1.12. The van der Waals surface area contributed by atoms with E-state index in [1.807, 2.05) is 0 Å². The lowest BCUT2D eigenvalue weighted by Crippen LogP contribution is -2.37. The first-order valence-electron chi connectivity index (χ1n) is 13.6. The van der Waals surface area contributed by atoms with Gasteiger partial charge in [-0.3, -0.25) is 4.79 Å². The lowest BCUT2D eigenvalue weighted by Gasteiger charge is -2.29. The summed E-state index contributed by atoms with van der Waals surface area (Å²) >= 11 is 0. The molecule has 0 N–H and O–H groups in total. The van der Waals surface area contributed by atoms with E-state index in [0.717, 1.165) is 44.9 Å². The Morgan fingerprint density at radius 3 is 1.90 bits per heavy atom. The fraction of sp³-hybridized carbons (Fsp3) is 0.857. The lowest BCUT2D eigenvalue weighted by atomic mass is 9.98. The molecule has 0 aromatic heterocycles. The number of hydrogen-bond donors (Lipinski definition) is 0. The van der Waals surface area contributed by atoms with Crippen molar-refractivity contribution in [1.29, 1.82) is 0 Å². The SMILES string of the molecule is CCCCCCCCCCCCCCC/C=C(\C)C(CCCCC=O)N1CCCC1=O. The predicted octanol–water partition coefficient (Wildman–Crippen LogP) is 8.16. The zero-order valence-electron chi connectivity index (χ0n) is 20.8. The highest BCUT2D eigenvalue weighted by atomic mass is 16.2. The Morgan fingerprint density at radius 1 is 0.839 bits per heavy atom. The van der Waals surface area contributed by atoms with E-state index in [4.69, 9.17) is 0 Å². The zero-order chi connectivity index (χ0) is 22.6. The van der Waals surface area contributed by atoms with Gasteiger partial charge in [0.15, 0.2) is 0 Å². The quantitative estimate of drug-likeness (QED) is 0.104. The number of rotatable bonds is 21. The summed E-state index contributed by atoms with van der Waals surface area (Å²) in [5.74, 6) is 0.314. The maximum absolute atomic E-state index is 12.3. The molecule has 180 valence electrons. The molecule has 31 heavy (non-hydrogen) atoms. The molecular formula is C28H51NO2. The average Bonchev–Trinajstić information content (AvgIpc) is 3.19. The van der Waals surface area contributed by atoms with Gasteiger partial charge in [0.05, 0.1) is 6.04 Å². The standard InChI is InChI=1S/C28H51NO2/c1-3-4-5-6-7-8-9-10-11-12-13-14-15-17-21-26(2)27(22-18-16-19-25-30)29-24-20-23-28(29)31/h21,25,27H,3-20,22-24H2,1-2H3/b26-21+. The molecule has 0 spiro atoms. The van der Waals surface area contributed by atoms with E-state index in [9.17, 15) is 9.59 Å². The number of likely N-dealkylation sites (tertiary alicyclic amines) is 1. The Labute approximate surface area is 193 Å². The summed E-state index contributed by atoms with van der Waals surface area (Å²) < 4.78 is 0. The molecule has 1 heterocycles. The van der Waals surface area contributed by atoms with Crippen molar-refractivity contribution in [2.45, 2.75) is 148 Å². The number of hydrogen-bond acceptors (Lipinski definition) is 2. The molecule has 3 nitrogen and oxygen atoms in total. The van der Waals surface area contributed by atoms with Crippen LogP contribution in [0.2, 0.25) is 0 Å². The number of nitrogens with zero attached hydrogens (tertiary/aromatic N) is 1. The minimum absolute atomic E-state index is 0.253. The molecule has 0 aromatic rings. The largest absolute Gasteiger partial charge is 0.336 e. The summed E-state index contributed by atoms with van der Waals surface area (Å²) in [5.41, 5.74) is 1.36. The van der Waals surface area contributed by atoms with E-state index in [2.05, 4.69) is 24.8 Å². The van der Waals surface area contributed by atoms with Gasteiger partial charge in [-0.05, 0) is 39.0 Å². The van der Waals surface area contributed by atoms with Gasteiger partial charge >= 0.3 is 0 Å². The smallest absolute Gasteiger partial charge is 0.223 e. The Kier molecular flexibility index (Phi) is 17.6. The van der Waals surface area contributed by atoms with Gasteiger partial charge < -0.3 is 9.69 Å². The van der Waals surface area contributed by atoms with Crippen molar-refractivity contribution in [3.63, 3.8) is 0 Å². The Balaban J connectivity index is 2.12. The first-order valence-corrected chi connectivity index (χ1v) is 13.6. The number of carbonyl (C=O) groups is 2. The second-order valence-corrected chi connectivity index (χ2v) is 9.64. The Morgan fingerprint density at radius 2 is 1.39 bits per heavy atom. The third kappa shape index (κ3) is 13.8. The highest BCUT2D eigenvalue weighted by Gasteiger charge is 2.28. The van der Waals surface area contributed by atoms with Gasteiger partial charge in [0.25, 0.3) is 0 Å². The van der Waals surface area contributed by atoms with E-state index < -0.39 is 0 Å². The summed E-state index contributed by atoms with van der Waals surface area (Å²) in [6, 6.07) is 0.253. The van der Waals surface area contributed by atoms with Crippen LogP contribution in [0, 0.1) is 0 Å². The monoisotopic (exact) mass is 433 g/mol. The van der Waals surface area contributed by atoms with Crippen molar-refractivity contribution in [3.8, 4) is 0 Å². The normalized spacial score (nSPS) is 15.6. The van der Waals surface area contributed by atoms with Gasteiger partial charge in [-0.25, -0.2) is 0 Å². The molecule has 1 unspecified atom stereocenters. The summed E-state index contributed by atoms with van der Waals surface area (Å²) in [6.45, 7) is 5.39. The van der Waals surface area contributed by atoms with E-state index in [0.29, 0.717) is 18.7 Å². The van der Waals surface area contributed by atoms with E-state index >= 15 is 0 Å². The summed E-state index contributed by atoms with van der Waals surface area (Å²) in [6.07, 6.45) is 27.9. The molecule has 0 saturated carbocycles. The number of amides is 1. The molecule has 1 atom stereocenters. The molecular weight excluding hydrogens is 382 g/mol. The van der Waals surface area contributed by atoms with Gasteiger partial charge in [-0.2, -0.15) is 0 Å². The molecule has 1 aliphatic heterocycles. The first kappa shape index (κ1) is 27.9. The number of aldehydes is 1. The minimum Gasteiger partial charge on any atom is -0.336 e. The molecule has 3 heteroatoms. The van der Waals surface area contributed by atoms with Crippen LogP contribution in [0.5, 0.6) is 0 Å². The molecule has 0 aromatic carbocycles. The van der Waals surface area contributed by atoms with Crippen LogP contribution < -0.4 is 0 Å². The van der Waals surface area contributed by atoms with Crippen molar-refractivity contribution < 1.29 is 9.59 Å². The number of unbranched alkanes of at least 4 members (excludes halogenated alkanes) is 15. The molecule has 1 saturated heterocycles. The maximum Gasteiger partial charge on any atom is 0.223 e. The fourth-order valence-electron chi connectivity index (χ4n) is 4.82. The summed E-state index contributed by atoms with van der Waals surface area (Å²) in [4.78, 5) is 24.9. The second-order valence-electron chi connectivity index (χ2n) is 9.64. The summed E-state index contributed by atoms with van der Waals surface area (Å²) in [7, 11) is 0. The van der Waals surface area contributed by atoms with Crippen molar-refractivity contribution in [3.05, 3.63) is 11.6 Å². The highest BCUT2D eigenvalue weighted by Crippen LogP contribution is 2.24. The van der Waals surface area contributed by atoms with Crippen LogP contribution in [0.1, 0.15) is 142 Å². The van der Waals surface area contributed by atoms with E-state index in [1.54, 1.807) is 0 Å². The predicted molar refractivity (Wildman–Crippen MR) is 133 cm³/mol. The molecule has 1 amide bonds. The van der Waals surface area contributed by atoms with Gasteiger partial charge in [-0.1, -0.05) is 102 Å². The molecule has 1 rings (SSSR count). The van der Waals surface area contributed by atoms with Crippen LogP contribution in [-0.4, -0.2) is 29.7 Å². The van der Waals surface area contributed by atoms with Crippen LogP contribution in [0.25, 0.3) is 0 Å². The van der Waals surface area contributed by atoms with Gasteiger partial charge in [0.2, 0.25) is 5.91 Å². The van der Waals surface area contributed by atoms with Crippen LogP contribution in [0.15, 0.2) is 11.6 Å². The third-order valence-corrected chi connectivity index (χ3v) is 6.84. The van der Waals surface area contributed by atoms with E-state index in [1.165, 1.54) is 89.0 Å². The molecule has 0 aliphatic carbocycles. The maximum atomic E-state index is 12.3.